The highest BCUT2D eigenvalue weighted by Gasteiger charge is 2.40. The van der Waals surface area contributed by atoms with Crippen LogP contribution in [0.3, 0.4) is 0 Å². The summed E-state index contributed by atoms with van der Waals surface area (Å²) in [5, 5.41) is 0. The molecule has 0 spiro atoms. The van der Waals surface area contributed by atoms with Gasteiger partial charge in [0.25, 0.3) is 0 Å². The molecule has 0 bridgehead atoms. The minimum absolute atomic E-state index is 0.0428. The number of benzene rings is 1. The van der Waals surface area contributed by atoms with Gasteiger partial charge in [0.2, 0.25) is 0 Å². The molecule has 3 nitrogen and oxygen atoms in total. The molecular formula is C9H11O3P. The van der Waals surface area contributed by atoms with Gasteiger partial charge in [0.15, 0.2) is 0 Å². The average Bonchev–Trinajstić information content (AvgIpc) is 2.84. The zero-order chi connectivity index (χ0) is 9.26. The quantitative estimate of drug-likeness (QED) is 0.755. The minimum Gasteiger partial charge on any atom is -0.326 e. The van der Waals surface area contributed by atoms with Crippen LogP contribution in [0.4, 0.5) is 0 Å². The van der Waals surface area contributed by atoms with Crippen LogP contribution >= 0.6 is 8.25 Å². The fraction of sp³-hybridized carbons (Fsp3) is 0.333. The van der Waals surface area contributed by atoms with Gasteiger partial charge in [-0.05, 0) is 12.0 Å². The first-order valence-corrected chi connectivity index (χ1v) is 5.48. The molecule has 70 valence electrons. The van der Waals surface area contributed by atoms with Crippen molar-refractivity contribution in [3.63, 3.8) is 0 Å². The first-order valence-electron chi connectivity index (χ1n) is 4.22. The number of hydrogen-bond donors (Lipinski definition) is 1. The molecule has 1 aliphatic carbocycles. The normalized spacial score (nSPS) is 28.4. The molecule has 13 heavy (non-hydrogen) atoms. The lowest BCUT2D eigenvalue weighted by Crippen LogP contribution is -1.88. The molecule has 1 saturated carbocycles. The summed E-state index contributed by atoms with van der Waals surface area (Å²) in [4.78, 5) is 8.55. The molecule has 0 aliphatic heterocycles. The maximum Gasteiger partial charge on any atom is 0.316 e. The second-order valence-electron chi connectivity index (χ2n) is 3.18. The van der Waals surface area contributed by atoms with Gasteiger partial charge in [-0.15, -0.1) is 0 Å². The van der Waals surface area contributed by atoms with Crippen LogP contribution in [0, 0.1) is 0 Å². The maximum atomic E-state index is 10.4. The Kier molecular flexibility index (Phi) is 2.49. The van der Waals surface area contributed by atoms with Crippen molar-refractivity contribution in [1.29, 1.82) is 0 Å². The van der Waals surface area contributed by atoms with Crippen molar-refractivity contribution in [3.8, 4) is 0 Å². The van der Waals surface area contributed by atoms with Crippen LogP contribution in [-0.2, 0) is 9.09 Å². The Morgan fingerprint density at radius 1 is 1.38 bits per heavy atom. The minimum atomic E-state index is -2.76. The van der Waals surface area contributed by atoms with Crippen molar-refractivity contribution < 1.29 is 14.0 Å². The van der Waals surface area contributed by atoms with E-state index < -0.39 is 8.25 Å². The zero-order valence-electron chi connectivity index (χ0n) is 7.01. The monoisotopic (exact) mass is 198 g/mol. The average molecular weight is 198 g/mol. The molecule has 3 atom stereocenters. The molecule has 2 rings (SSSR count). The topological polar surface area (TPSA) is 46.5 Å². The Labute approximate surface area is 77.3 Å². The molecule has 1 aromatic rings. The van der Waals surface area contributed by atoms with Crippen LogP contribution < -0.4 is 0 Å². The molecule has 1 aliphatic rings. The largest absolute Gasteiger partial charge is 0.326 e. The summed E-state index contributed by atoms with van der Waals surface area (Å²) in [7, 11) is -2.76. The van der Waals surface area contributed by atoms with E-state index in [1.54, 1.807) is 0 Å². The molecule has 0 saturated heterocycles. The molecule has 3 unspecified atom stereocenters. The van der Waals surface area contributed by atoms with Crippen LogP contribution in [0.15, 0.2) is 30.3 Å². The van der Waals surface area contributed by atoms with Crippen molar-refractivity contribution in [2.75, 3.05) is 0 Å². The van der Waals surface area contributed by atoms with Crippen molar-refractivity contribution in [3.05, 3.63) is 35.9 Å². The lowest BCUT2D eigenvalue weighted by Gasteiger charge is -1.98. The molecule has 0 amide bonds. The molecule has 0 radical (unpaired) electrons. The van der Waals surface area contributed by atoms with Crippen LogP contribution in [0.1, 0.15) is 17.9 Å². The van der Waals surface area contributed by atoms with Gasteiger partial charge in [-0.25, -0.2) is 0 Å². The van der Waals surface area contributed by atoms with E-state index in [2.05, 4.69) is 0 Å². The van der Waals surface area contributed by atoms with Crippen LogP contribution in [0.25, 0.3) is 0 Å². The number of hydrogen-bond acceptors (Lipinski definition) is 2. The Hall–Kier alpha value is -0.630. The summed E-state index contributed by atoms with van der Waals surface area (Å²) < 4.78 is 15.2. The fourth-order valence-electron chi connectivity index (χ4n) is 1.48. The molecule has 1 N–H and O–H groups in total. The highest BCUT2D eigenvalue weighted by molar-refractivity contribution is 7.32. The third-order valence-corrected chi connectivity index (χ3v) is 2.72. The Morgan fingerprint density at radius 2 is 2.08 bits per heavy atom. The van der Waals surface area contributed by atoms with Crippen molar-refractivity contribution in [2.45, 2.75) is 18.4 Å². The smallest absolute Gasteiger partial charge is 0.316 e. The number of rotatable bonds is 3. The van der Waals surface area contributed by atoms with E-state index in [0.29, 0.717) is 5.92 Å². The van der Waals surface area contributed by atoms with Gasteiger partial charge in [0.1, 0.15) is 0 Å². The molecule has 4 heteroatoms. The predicted molar refractivity (Wildman–Crippen MR) is 49.9 cm³/mol. The van der Waals surface area contributed by atoms with Gasteiger partial charge in [0, 0.05) is 5.92 Å². The van der Waals surface area contributed by atoms with Crippen LogP contribution in [0.5, 0.6) is 0 Å². The van der Waals surface area contributed by atoms with Gasteiger partial charge >= 0.3 is 8.25 Å². The second kappa shape index (κ2) is 3.62. The zero-order valence-corrected chi connectivity index (χ0v) is 8.01. The van der Waals surface area contributed by atoms with Crippen molar-refractivity contribution in [2.24, 2.45) is 0 Å². The van der Waals surface area contributed by atoms with Crippen LogP contribution in [0.2, 0.25) is 0 Å². The Morgan fingerprint density at radius 3 is 2.69 bits per heavy atom. The standard InChI is InChI=1S/C9H11O3P/c10-13(11)12-9-6-8(9)7-4-2-1-3-5-7/h1-5,8-9,13H,6H2,(H,10,11). The van der Waals surface area contributed by atoms with Gasteiger partial charge in [0.05, 0.1) is 6.10 Å². The summed E-state index contributed by atoms with van der Waals surface area (Å²) in [5.74, 6) is 0.322. The third kappa shape index (κ3) is 2.19. The highest BCUT2D eigenvalue weighted by atomic mass is 31.1. The molecule has 1 fully saturated rings. The fourth-order valence-corrected chi connectivity index (χ4v) is 2.00. The molecule has 0 aromatic heterocycles. The summed E-state index contributed by atoms with van der Waals surface area (Å²) in [5.41, 5.74) is 1.19. The molecule has 1 aromatic carbocycles. The van der Waals surface area contributed by atoms with E-state index in [-0.39, 0.29) is 6.10 Å². The third-order valence-electron chi connectivity index (χ3n) is 2.21. The summed E-state index contributed by atoms with van der Waals surface area (Å²) >= 11 is 0. The van der Waals surface area contributed by atoms with E-state index in [1.807, 2.05) is 30.3 Å². The lowest BCUT2D eigenvalue weighted by atomic mass is 10.1. The van der Waals surface area contributed by atoms with Gasteiger partial charge < -0.3 is 9.42 Å². The highest BCUT2D eigenvalue weighted by Crippen LogP contribution is 2.46. The van der Waals surface area contributed by atoms with Gasteiger partial charge in [-0.3, -0.25) is 4.57 Å². The van der Waals surface area contributed by atoms with E-state index in [0.717, 1.165) is 6.42 Å². The first kappa shape index (κ1) is 8.95. The molecular weight excluding hydrogens is 187 g/mol. The van der Waals surface area contributed by atoms with Gasteiger partial charge in [-0.1, -0.05) is 30.3 Å². The summed E-state index contributed by atoms with van der Waals surface area (Å²) in [6.07, 6.45) is 0.819. The Balaban J connectivity index is 1.97. The van der Waals surface area contributed by atoms with E-state index in [9.17, 15) is 4.57 Å². The van der Waals surface area contributed by atoms with Crippen molar-refractivity contribution >= 4 is 8.25 Å². The summed E-state index contributed by atoms with van der Waals surface area (Å²) in [6.45, 7) is 0. The summed E-state index contributed by atoms with van der Waals surface area (Å²) in [6, 6.07) is 9.92. The SMILES string of the molecule is O=[PH](O)OC1CC1c1ccccc1. The Bertz CT molecular complexity index is 312. The molecule has 0 heterocycles. The van der Waals surface area contributed by atoms with Crippen LogP contribution in [-0.4, -0.2) is 11.0 Å². The predicted octanol–water partition coefficient (Wildman–Crippen LogP) is 1.94. The second-order valence-corrected chi connectivity index (χ2v) is 3.94. The lowest BCUT2D eigenvalue weighted by molar-refractivity contribution is 0.265. The van der Waals surface area contributed by atoms with E-state index in [1.165, 1.54) is 5.56 Å². The first-order chi connectivity index (χ1) is 6.27. The van der Waals surface area contributed by atoms with Gasteiger partial charge in [-0.2, -0.15) is 0 Å². The van der Waals surface area contributed by atoms with E-state index >= 15 is 0 Å². The van der Waals surface area contributed by atoms with Crippen molar-refractivity contribution in [1.82, 2.24) is 0 Å². The maximum absolute atomic E-state index is 10.4. The van der Waals surface area contributed by atoms with E-state index in [4.69, 9.17) is 9.42 Å².